The Morgan fingerprint density at radius 2 is 1.97 bits per heavy atom. The second-order valence-corrected chi connectivity index (χ2v) is 9.09. The lowest BCUT2D eigenvalue weighted by molar-refractivity contribution is 0.495. The fourth-order valence-electron chi connectivity index (χ4n) is 4.25. The van der Waals surface area contributed by atoms with Crippen molar-refractivity contribution < 1.29 is 0 Å². The van der Waals surface area contributed by atoms with Gasteiger partial charge in [0.05, 0.1) is 11.9 Å². The molecule has 172 valence electrons. The van der Waals surface area contributed by atoms with Crippen LogP contribution in [0.25, 0.3) is 11.3 Å². The smallest absolute Gasteiger partial charge is 0.230 e. The summed E-state index contributed by atoms with van der Waals surface area (Å²) in [5.41, 5.74) is 11.5. The van der Waals surface area contributed by atoms with E-state index >= 15 is 0 Å². The third-order valence-corrected chi connectivity index (χ3v) is 6.30. The lowest BCUT2D eigenvalue weighted by Gasteiger charge is -2.30. The maximum atomic E-state index is 6.11. The fourth-order valence-corrected chi connectivity index (χ4v) is 4.25. The van der Waals surface area contributed by atoms with Gasteiger partial charge in [-0.25, -0.2) is 4.68 Å². The zero-order valence-electron chi connectivity index (χ0n) is 19.4. The fraction of sp³-hybridized carbons (Fsp3) is 0.417. The van der Waals surface area contributed by atoms with Crippen LogP contribution in [0.2, 0.25) is 0 Å². The lowest BCUT2D eigenvalue weighted by atomic mass is 10.1. The van der Waals surface area contributed by atoms with E-state index in [2.05, 4.69) is 59.4 Å². The minimum absolute atomic E-state index is 0.259. The van der Waals surface area contributed by atoms with Crippen molar-refractivity contribution in [3.8, 4) is 5.69 Å². The number of aromatic nitrogens is 6. The van der Waals surface area contributed by atoms with Crippen molar-refractivity contribution in [2.24, 2.45) is 5.73 Å². The predicted octanol–water partition coefficient (Wildman–Crippen LogP) is 3.28. The van der Waals surface area contributed by atoms with E-state index in [-0.39, 0.29) is 6.04 Å². The van der Waals surface area contributed by atoms with Crippen molar-refractivity contribution in [3.05, 3.63) is 59.5 Å². The third kappa shape index (κ3) is 4.28. The Hall–Kier alpha value is -3.46. The molecule has 0 amide bonds. The van der Waals surface area contributed by atoms with Gasteiger partial charge in [-0.2, -0.15) is 24.7 Å². The highest BCUT2D eigenvalue weighted by atomic mass is 15.4. The molecule has 3 aromatic heterocycles. The van der Waals surface area contributed by atoms with Crippen molar-refractivity contribution in [1.82, 2.24) is 29.4 Å². The summed E-state index contributed by atoms with van der Waals surface area (Å²) < 4.78 is 3.71. The van der Waals surface area contributed by atoms with Crippen LogP contribution in [0.5, 0.6) is 0 Å². The van der Waals surface area contributed by atoms with Crippen LogP contribution < -0.4 is 16.0 Å². The quantitative estimate of drug-likeness (QED) is 0.469. The molecule has 4 heterocycles. The van der Waals surface area contributed by atoms with E-state index in [1.165, 1.54) is 5.56 Å². The molecule has 1 fully saturated rings. The number of anilines is 2. The number of nitrogens with two attached hydrogens (primary N) is 1. The van der Waals surface area contributed by atoms with Crippen LogP contribution in [-0.4, -0.2) is 48.5 Å². The molecule has 0 bridgehead atoms. The summed E-state index contributed by atoms with van der Waals surface area (Å²) in [5.74, 6) is 1.75. The first-order chi connectivity index (χ1) is 16.0. The molecule has 0 aliphatic carbocycles. The van der Waals surface area contributed by atoms with Crippen LogP contribution in [-0.2, 0) is 6.54 Å². The van der Waals surface area contributed by atoms with Crippen molar-refractivity contribution >= 4 is 17.5 Å². The maximum Gasteiger partial charge on any atom is 0.230 e. The molecule has 9 heteroatoms. The molecule has 33 heavy (non-hydrogen) atoms. The van der Waals surface area contributed by atoms with E-state index in [1.54, 1.807) is 6.20 Å². The minimum Gasteiger partial charge on any atom is -0.350 e. The first kappa shape index (κ1) is 21.4. The SMILES string of the molecule is Cc1ccc(CNc2nc(N3CCC(N)CC3)nc3c(C(C)C)cnn23)cc1-n1cccn1. The van der Waals surface area contributed by atoms with Crippen molar-refractivity contribution in [1.29, 1.82) is 0 Å². The lowest BCUT2D eigenvalue weighted by Crippen LogP contribution is -2.40. The van der Waals surface area contributed by atoms with Crippen LogP contribution in [0.3, 0.4) is 0 Å². The van der Waals surface area contributed by atoms with E-state index in [0.29, 0.717) is 18.4 Å². The van der Waals surface area contributed by atoms with Crippen LogP contribution in [0.1, 0.15) is 49.3 Å². The summed E-state index contributed by atoms with van der Waals surface area (Å²) in [5, 5.41) is 12.5. The van der Waals surface area contributed by atoms with Gasteiger partial charge in [-0.3, -0.25) is 0 Å². The van der Waals surface area contributed by atoms with Gasteiger partial charge in [-0.1, -0.05) is 26.0 Å². The summed E-state index contributed by atoms with van der Waals surface area (Å²) in [6.45, 7) is 8.77. The number of fused-ring (bicyclic) bond motifs is 1. The molecular formula is C24H31N9. The first-order valence-corrected chi connectivity index (χ1v) is 11.6. The number of rotatable bonds is 6. The molecule has 4 aromatic rings. The molecule has 1 aliphatic heterocycles. The molecule has 1 aliphatic rings. The number of nitrogens with zero attached hydrogens (tertiary/aromatic N) is 7. The van der Waals surface area contributed by atoms with E-state index in [4.69, 9.17) is 15.7 Å². The van der Waals surface area contributed by atoms with E-state index in [0.717, 1.165) is 54.3 Å². The predicted molar refractivity (Wildman–Crippen MR) is 130 cm³/mol. The van der Waals surface area contributed by atoms with Gasteiger partial charge in [0.25, 0.3) is 0 Å². The van der Waals surface area contributed by atoms with Gasteiger partial charge in [0, 0.05) is 43.6 Å². The number of benzene rings is 1. The van der Waals surface area contributed by atoms with Crippen molar-refractivity contribution in [2.75, 3.05) is 23.3 Å². The van der Waals surface area contributed by atoms with Crippen molar-refractivity contribution in [3.63, 3.8) is 0 Å². The zero-order valence-corrected chi connectivity index (χ0v) is 19.4. The highest BCUT2D eigenvalue weighted by molar-refractivity contribution is 5.56. The average molecular weight is 446 g/mol. The normalized spacial score (nSPS) is 15.0. The second kappa shape index (κ2) is 8.82. The molecule has 0 spiro atoms. The van der Waals surface area contributed by atoms with Gasteiger partial charge in [-0.15, -0.1) is 0 Å². The van der Waals surface area contributed by atoms with Gasteiger partial charge in [0.15, 0.2) is 5.65 Å². The second-order valence-electron chi connectivity index (χ2n) is 9.09. The summed E-state index contributed by atoms with van der Waals surface area (Å²) >= 11 is 0. The topological polar surface area (TPSA) is 102 Å². The highest BCUT2D eigenvalue weighted by Gasteiger charge is 2.22. The third-order valence-electron chi connectivity index (χ3n) is 6.30. The Balaban J connectivity index is 1.47. The first-order valence-electron chi connectivity index (χ1n) is 11.6. The Bertz CT molecular complexity index is 1230. The summed E-state index contributed by atoms with van der Waals surface area (Å²) in [6, 6.07) is 8.60. The van der Waals surface area contributed by atoms with Crippen LogP contribution >= 0.6 is 0 Å². The zero-order chi connectivity index (χ0) is 22.9. The number of nitrogens with one attached hydrogen (secondary N) is 1. The molecule has 1 aromatic carbocycles. The van der Waals surface area contributed by atoms with Gasteiger partial charge >= 0.3 is 0 Å². The average Bonchev–Trinajstić information content (AvgIpc) is 3.49. The summed E-state index contributed by atoms with van der Waals surface area (Å²) in [4.78, 5) is 12.0. The van der Waals surface area contributed by atoms with Gasteiger partial charge in [0.1, 0.15) is 0 Å². The number of piperidine rings is 1. The van der Waals surface area contributed by atoms with Crippen molar-refractivity contribution in [2.45, 2.75) is 52.1 Å². The molecule has 0 atom stereocenters. The number of aryl methyl sites for hydroxylation is 1. The van der Waals surface area contributed by atoms with Crippen LogP contribution in [0, 0.1) is 6.92 Å². The minimum atomic E-state index is 0.259. The monoisotopic (exact) mass is 445 g/mol. The maximum absolute atomic E-state index is 6.11. The van der Waals surface area contributed by atoms with E-state index < -0.39 is 0 Å². The number of hydrogen-bond acceptors (Lipinski definition) is 7. The molecule has 1 saturated heterocycles. The van der Waals surface area contributed by atoms with Gasteiger partial charge in [-0.05, 0) is 48.9 Å². The Labute approximate surface area is 193 Å². The summed E-state index contributed by atoms with van der Waals surface area (Å²) in [6.07, 6.45) is 7.56. The Morgan fingerprint density at radius 1 is 1.15 bits per heavy atom. The van der Waals surface area contributed by atoms with Gasteiger partial charge < -0.3 is 16.0 Å². The summed E-state index contributed by atoms with van der Waals surface area (Å²) in [7, 11) is 0. The molecule has 3 N–H and O–H groups in total. The number of hydrogen-bond donors (Lipinski definition) is 2. The molecular weight excluding hydrogens is 414 g/mol. The Morgan fingerprint density at radius 3 is 2.70 bits per heavy atom. The van der Waals surface area contributed by atoms with E-state index in [1.807, 2.05) is 27.7 Å². The molecule has 9 nitrogen and oxygen atoms in total. The molecule has 5 rings (SSSR count). The van der Waals surface area contributed by atoms with Crippen LogP contribution in [0.15, 0.2) is 42.9 Å². The van der Waals surface area contributed by atoms with Gasteiger partial charge in [0.2, 0.25) is 11.9 Å². The Kier molecular flexibility index (Phi) is 5.72. The molecule has 0 radical (unpaired) electrons. The largest absolute Gasteiger partial charge is 0.350 e. The van der Waals surface area contributed by atoms with Crippen LogP contribution in [0.4, 0.5) is 11.9 Å². The van der Waals surface area contributed by atoms with E-state index in [9.17, 15) is 0 Å². The molecule has 0 unspecified atom stereocenters. The molecule has 0 saturated carbocycles. The highest BCUT2D eigenvalue weighted by Crippen LogP contribution is 2.25. The standard InChI is InChI=1S/C24H31N9/c1-16(2)20-15-28-33-22(20)29-24(31-11-7-19(25)8-12-31)30-23(33)26-14-18-6-5-17(3)21(13-18)32-10-4-9-27-32/h4-6,9-10,13,15-16,19H,7-8,11-12,14,25H2,1-3H3,(H,26,29,30).